The topological polar surface area (TPSA) is 66.8 Å². The Morgan fingerprint density at radius 2 is 2.20 bits per heavy atom. The van der Waals surface area contributed by atoms with Crippen LogP contribution in [0, 0.1) is 0 Å². The van der Waals surface area contributed by atoms with E-state index in [0.717, 1.165) is 12.2 Å². The van der Waals surface area contributed by atoms with Gasteiger partial charge in [0.15, 0.2) is 0 Å². The molecule has 0 saturated carbocycles. The lowest BCUT2D eigenvalue weighted by Gasteiger charge is -2.03. The Balaban J connectivity index is 5.00. The molecule has 88 valence electrons. The Bertz CT molecular complexity index is 498. The van der Waals surface area contributed by atoms with E-state index in [0.29, 0.717) is 5.57 Å². The molecule has 0 aliphatic heterocycles. The van der Waals surface area contributed by atoms with Crippen LogP contribution in [0.25, 0.3) is 0 Å². The summed E-state index contributed by atoms with van der Waals surface area (Å²) in [7, 11) is -5.01. The molecule has 0 saturated heterocycles. The number of hydrogen-bond donors (Lipinski definition) is 2. The fourth-order valence-corrected chi connectivity index (χ4v) is 0.902. The van der Waals surface area contributed by atoms with Crippen molar-refractivity contribution >= 4 is 7.82 Å². The Morgan fingerprint density at radius 3 is 2.73 bits per heavy atom. The second-order valence-electron chi connectivity index (χ2n) is 2.85. The minimum atomic E-state index is -5.01. The summed E-state index contributed by atoms with van der Waals surface area (Å²) in [6.07, 6.45) is 2.00. The maximum Gasteiger partial charge on any atom is 0.469 e. The molecule has 0 bridgehead atoms. The van der Waals surface area contributed by atoms with Crippen molar-refractivity contribution in [1.82, 2.24) is 0 Å². The average Bonchev–Trinajstić information content (AvgIpc) is 2.15. The summed E-state index contributed by atoms with van der Waals surface area (Å²) in [5.41, 5.74) is -0.359. The number of phosphoric ester groups is 1. The van der Waals surface area contributed by atoms with E-state index in [1.54, 1.807) is 0 Å². The molecule has 0 atom stereocenters. The fraction of sp³-hybridized carbons (Fsp3) is 0.600. The van der Waals surface area contributed by atoms with Gasteiger partial charge in [0.2, 0.25) is 0 Å². The van der Waals surface area contributed by atoms with Crippen molar-refractivity contribution in [2.24, 2.45) is 0 Å². The van der Waals surface area contributed by atoms with Gasteiger partial charge in [-0.2, -0.15) is 0 Å². The molecular weight excluding hydrogens is 215 g/mol. The second-order valence-corrected chi connectivity index (χ2v) is 4.01. The van der Waals surface area contributed by atoms with Gasteiger partial charge in [-0.15, -0.1) is 0 Å². The summed E-state index contributed by atoms with van der Waals surface area (Å²) in [6.45, 7) is -6.79. The van der Waals surface area contributed by atoms with Gasteiger partial charge in [-0.3, -0.25) is 4.52 Å². The van der Waals surface area contributed by atoms with Gasteiger partial charge in [-0.25, -0.2) is 4.57 Å². The highest BCUT2D eigenvalue weighted by Crippen LogP contribution is 2.35. The molecule has 15 heavy (non-hydrogen) atoms. The predicted octanol–water partition coefficient (Wildman–Crippen LogP) is 2.79. The van der Waals surface area contributed by atoms with Gasteiger partial charge in [0.1, 0.15) is 0 Å². The maximum atomic E-state index is 10.6. The van der Waals surface area contributed by atoms with Crippen molar-refractivity contribution in [1.29, 1.82) is 0 Å². The first kappa shape index (κ1) is 5.78. The zero-order valence-corrected chi connectivity index (χ0v) is 9.12. The van der Waals surface area contributed by atoms with E-state index >= 15 is 0 Å². The van der Waals surface area contributed by atoms with E-state index in [2.05, 4.69) is 4.52 Å². The smallest absolute Gasteiger partial charge is 0.303 e. The van der Waals surface area contributed by atoms with Crippen LogP contribution in [0.15, 0.2) is 23.3 Å². The fourth-order valence-electron chi connectivity index (χ4n) is 0.712. The normalized spacial score (nSPS) is 23.3. The van der Waals surface area contributed by atoms with Gasteiger partial charge < -0.3 is 9.79 Å². The zero-order valence-electron chi connectivity index (χ0n) is 16.2. The quantitative estimate of drug-likeness (QED) is 0.555. The van der Waals surface area contributed by atoms with E-state index in [9.17, 15) is 4.57 Å². The summed E-state index contributed by atoms with van der Waals surface area (Å²) >= 11 is 0. The highest BCUT2D eigenvalue weighted by molar-refractivity contribution is 7.46. The molecule has 0 aromatic carbocycles. The highest BCUT2D eigenvalue weighted by Gasteiger charge is 2.11. The van der Waals surface area contributed by atoms with Crippen LogP contribution >= 0.6 is 7.82 Å². The van der Waals surface area contributed by atoms with Crippen molar-refractivity contribution in [3.8, 4) is 0 Å². The SMILES string of the molecule is [2H]C([2H])(/C=C(\C)CCC=C(C([2H])([2H])[2H])C([2H])([2H])[2H])OP(=O)(O)O. The van der Waals surface area contributed by atoms with Gasteiger partial charge in [0.05, 0.1) is 9.30 Å². The van der Waals surface area contributed by atoms with Crippen LogP contribution in [0.5, 0.6) is 0 Å². The number of phosphoric acid groups is 1. The van der Waals surface area contributed by atoms with Crippen LogP contribution < -0.4 is 0 Å². The van der Waals surface area contributed by atoms with Crippen molar-refractivity contribution in [2.45, 2.75) is 33.5 Å². The van der Waals surface area contributed by atoms with E-state index in [1.165, 1.54) is 6.92 Å². The van der Waals surface area contributed by atoms with Gasteiger partial charge in [-0.05, 0) is 33.5 Å². The molecule has 5 heteroatoms. The van der Waals surface area contributed by atoms with Crippen LogP contribution in [0.3, 0.4) is 0 Å². The lowest BCUT2D eigenvalue weighted by molar-refractivity contribution is 0.215. The number of rotatable bonds is 6. The molecule has 0 spiro atoms. The molecule has 0 unspecified atom stereocenters. The molecule has 0 radical (unpaired) electrons. The molecule has 0 rings (SSSR count). The van der Waals surface area contributed by atoms with Gasteiger partial charge in [0, 0.05) is 8.22 Å². The van der Waals surface area contributed by atoms with Gasteiger partial charge in [0.25, 0.3) is 0 Å². The molecule has 0 aromatic rings. The van der Waals surface area contributed by atoms with E-state index in [4.69, 9.17) is 20.8 Å². The zero-order chi connectivity index (χ0) is 18.7. The van der Waals surface area contributed by atoms with Crippen LogP contribution in [0.2, 0.25) is 0 Å². The average molecular weight is 242 g/mol. The Kier molecular flexibility index (Phi) is 2.68. The van der Waals surface area contributed by atoms with Crippen molar-refractivity contribution in [2.75, 3.05) is 6.56 Å². The number of hydrogen-bond acceptors (Lipinski definition) is 2. The first-order chi connectivity index (χ1) is 9.94. The van der Waals surface area contributed by atoms with Crippen molar-refractivity contribution in [3.63, 3.8) is 0 Å². The molecule has 0 fully saturated rings. The maximum absolute atomic E-state index is 10.6. The minimum Gasteiger partial charge on any atom is -0.303 e. The Labute approximate surface area is 102 Å². The number of allylic oxidation sites excluding steroid dienone is 3. The Morgan fingerprint density at radius 1 is 1.53 bits per heavy atom. The molecule has 0 aliphatic rings. The second kappa shape index (κ2) is 6.96. The summed E-state index contributed by atoms with van der Waals surface area (Å²) in [5.74, 6) is 0. The minimum absolute atomic E-state index is 0.0143. The van der Waals surface area contributed by atoms with Crippen LogP contribution in [-0.2, 0) is 9.09 Å². The van der Waals surface area contributed by atoms with Crippen molar-refractivity contribution in [3.05, 3.63) is 23.3 Å². The Hall–Kier alpha value is -0.410. The lowest BCUT2D eigenvalue weighted by atomic mass is 10.1. The summed E-state index contributed by atoms with van der Waals surface area (Å²) < 4.78 is 72.4. The summed E-state index contributed by atoms with van der Waals surface area (Å²) in [6, 6.07) is 0. The molecule has 0 aliphatic carbocycles. The van der Waals surface area contributed by atoms with Gasteiger partial charge >= 0.3 is 7.82 Å². The lowest BCUT2D eigenvalue weighted by Crippen LogP contribution is -1.89. The van der Waals surface area contributed by atoms with E-state index in [1.807, 2.05) is 0 Å². The first-order valence-electron chi connectivity index (χ1n) is 8.10. The molecular formula is C10H19O4P. The largest absolute Gasteiger partial charge is 0.469 e. The summed E-state index contributed by atoms with van der Waals surface area (Å²) in [4.78, 5) is 17.2. The molecule has 4 nitrogen and oxygen atoms in total. The van der Waals surface area contributed by atoms with E-state index in [-0.39, 0.29) is 12.8 Å². The molecule has 0 heterocycles. The third kappa shape index (κ3) is 11.5. The monoisotopic (exact) mass is 242 g/mol. The third-order valence-corrected chi connectivity index (χ3v) is 1.71. The van der Waals surface area contributed by atoms with E-state index < -0.39 is 33.7 Å². The molecule has 2 N–H and O–H groups in total. The van der Waals surface area contributed by atoms with Gasteiger partial charge in [-0.1, -0.05) is 23.3 Å². The summed E-state index contributed by atoms with van der Waals surface area (Å²) in [5, 5.41) is 0. The predicted molar refractivity (Wildman–Crippen MR) is 60.4 cm³/mol. The first-order valence-corrected chi connectivity index (χ1v) is 5.63. The van der Waals surface area contributed by atoms with Crippen molar-refractivity contribution < 1.29 is 29.8 Å². The molecule has 0 amide bonds. The van der Waals surface area contributed by atoms with Crippen LogP contribution in [0.4, 0.5) is 0 Å². The van der Waals surface area contributed by atoms with Crippen LogP contribution in [0.1, 0.15) is 44.4 Å². The molecule has 0 aromatic heterocycles. The highest BCUT2D eigenvalue weighted by atomic mass is 31.2. The third-order valence-electron chi connectivity index (χ3n) is 1.36. The standard InChI is InChI=1S/C10H19O4P/c1-9(2)5-4-6-10(3)7-8-14-15(11,12)13/h5,7H,4,6,8H2,1-3H3,(H2,11,12,13)/b10-7+/i1D3,2D3,8D2. The van der Waals surface area contributed by atoms with Crippen LogP contribution in [-0.4, -0.2) is 16.3 Å².